The Morgan fingerprint density at radius 2 is 1.68 bits per heavy atom. The lowest BCUT2D eigenvalue weighted by Crippen LogP contribution is -2.17. The number of para-hydroxylation sites is 3. The summed E-state index contributed by atoms with van der Waals surface area (Å²) in [6, 6.07) is 18.6. The highest BCUT2D eigenvalue weighted by atomic mass is 16.5. The Labute approximate surface area is 129 Å². The highest BCUT2D eigenvalue weighted by molar-refractivity contribution is 5.83. The van der Waals surface area contributed by atoms with Gasteiger partial charge in [0.05, 0.1) is 18.5 Å². The summed E-state index contributed by atoms with van der Waals surface area (Å²) in [7, 11) is 1.70. The number of aryl methyl sites for hydroxylation is 1. The van der Waals surface area contributed by atoms with Crippen molar-refractivity contribution < 1.29 is 9.15 Å². The maximum absolute atomic E-state index is 6.00. The molecular formula is C19H17NO2. The van der Waals surface area contributed by atoms with Gasteiger partial charge in [0.2, 0.25) is 5.88 Å². The van der Waals surface area contributed by atoms with Crippen LogP contribution in [0.1, 0.15) is 16.9 Å². The normalized spacial score (nSPS) is 12.7. The highest BCUT2D eigenvalue weighted by Gasteiger charge is 2.28. The van der Waals surface area contributed by atoms with Gasteiger partial charge in [-0.05, 0) is 36.8 Å². The lowest BCUT2D eigenvalue weighted by molar-refractivity contribution is 0.415. The molecule has 1 aliphatic rings. The molecule has 22 heavy (non-hydrogen) atoms. The van der Waals surface area contributed by atoms with Crippen molar-refractivity contribution in [3.8, 4) is 5.75 Å². The summed E-state index contributed by atoms with van der Waals surface area (Å²) < 4.78 is 11.6. The number of rotatable bonds is 2. The van der Waals surface area contributed by atoms with Crippen LogP contribution in [0, 0.1) is 6.92 Å². The van der Waals surface area contributed by atoms with Crippen molar-refractivity contribution in [3.05, 3.63) is 71.5 Å². The molecular weight excluding hydrogens is 274 g/mol. The smallest absolute Gasteiger partial charge is 0.208 e. The lowest BCUT2D eigenvalue weighted by atomic mass is 9.99. The summed E-state index contributed by atoms with van der Waals surface area (Å²) in [6.45, 7) is 1.99. The average molecular weight is 291 g/mol. The maximum atomic E-state index is 6.00. The molecule has 0 saturated heterocycles. The number of fused-ring (bicyclic) bond motifs is 2. The van der Waals surface area contributed by atoms with Gasteiger partial charge in [-0.1, -0.05) is 30.3 Å². The number of ether oxygens (including phenoxy) is 1. The summed E-state index contributed by atoms with van der Waals surface area (Å²) in [5.74, 6) is 2.65. The van der Waals surface area contributed by atoms with Crippen LogP contribution in [0.3, 0.4) is 0 Å². The van der Waals surface area contributed by atoms with Crippen LogP contribution in [0.5, 0.6) is 5.75 Å². The molecule has 0 unspecified atom stereocenters. The fourth-order valence-corrected chi connectivity index (χ4v) is 3.12. The summed E-state index contributed by atoms with van der Waals surface area (Å²) in [4.78, 5) is 2.15. The minimum absolute atomic E-state index is 0.833. The molecule has 0 radical (unpaired) electrons. The predicted octanol–water partition coefficient (Wildman–Crippen LogP) is 4.97. The van der Waals surface area contributed by atoms with Crippen LogP contribution < -0.4 is 9.64 Å². The summed E-state index contributed by atoms with van der Waals surface area (Å²) in [5, 5.41) is 0. The Balaban J connectivity index is 1.98. The SMILES string of the molecule is COc1ccccc1N1c2ccccc2Cc2cc(C)oc21. The van der Waals surface area contributed by atoms with Gasteiger partial charge >= 0.3 is 0 Å². The van der Waals surface area contributed by atoms with E-state index in [2.05, 4.69) is 41.3 Å². The first kappa shape index (κ1) is 13.0. The van der Waals surface area contributed by atoms with E-state index < -0.39 is 0 Å². The number of furan rings is 1. The Morgan fingerprint density at radius 1 is 0.955 bits per heavy atom. The number of hydrogen-bond donors (Lipinski definition) is 0. The van der Waals surface area contributed by atoms with Gasteiger partial charge in [-0.3, -0.25) is 4.90 Å². The van der Waals surface area contributed by atoms with E-state index in [0.717, 1.165) is 35.2 Å². The van der Waals surface area contributed by atoms with Crippen LogP contribution in [0.25, 0.3) is 0 Å². The number of methoxy groups -OCH3 is 1. The molecule has 3 nitrogen and oxygen atoms in total. The Kier molecular flexibility index (Phi) is 2.93. The second kappa shape index (κ2) is 4.95. The van der Waals surface area contributed by atoms with E-state index in [1.54, 1.807) is 7.11 Å². The molecule has 1 aromatic heterocycles. The van der Waals surface area contributed by atoms with Gasteiger partial charge < -0.3 is 9.15 Å². The molecule has 0 N–H and O–H groups in total. The third-order valence-electron chi connectivity index (χ3n) is 4.05. The van der Waals surface area contributed by atoms with Gasteiger partial charge in [0.15, 0.2) is 0 Å². The average Bonchev–Trinajstić information content (AvgIpc) is 2.92. The molecule has 2 aromatic carbocycles. The fraction of sp³-hybridized carbons (Fsp3) is 0.158. The molecule has 0 amide bonds. The van der Waals surface area contributed by atoms with Crippen molar-refractivity contribution in [2.75, 3.05) is 12.0 Å². The summed E-state index contributed by atoms with van der Waals surface area (Å²) in [5.41, 5.74) is 4.64. The lowest BCUT2D eigenvalue weighted by Gasteiger charge is -2.30. The summed E-state index contributed by atoms with van der Waals surface area (Å²) in [6.07, 6.45) is 0.897. The first-order valence-corrected chi connectivity index (χ1v) is 7.38. The van der Waals surface area contributed by atoms with Crippen molar-refractivity contribution in [2.45, 2.75) is 13.3 Å². The largest absolute Gasteiger partial charge is 0.495 e. The fourth-order valence-electron chi connectivity index (χ4n) is 3.12. The molecule has 110 valence electrons. The first-order valence-electron chi connectivity index (χ1n) is 7.38. The first-order chi connectivity index (χ1) is 10.8. The van der Waals surface area contributed by atoms with Crippen LogP contribution in [-0.4, -0.2) is 7.11 Å². The quantitative estimate of drug-likeness (QED) is 0.521. The molecule has 0 bridgehead atoms. The summed E-state index contributed by atoms with van der Waals surface area (Å²) >= 11 is 0. The van der Waals surface area contributed by atoms with Gasteiger partial charge in [-0.15, -0.1) is 0 Å². The molecule has 3 aromatic rings. The Morgan fingerprint density at radius 3 is 2.50 bits per heavy atom. The zero-order valence-corrected chi connectivity index (χ0v) is 12.7. The number of hydrogen-bond acceptors (Lipinski definition) is 3. The second-order valence-corrected chi connectivity index (χ2v) is 5.50. The van der Waals surface area contributed by atoms with Gasteiger partial charge in [0.25, 0.3) is 0 Å². The van der Waals surface area contributed by atoms with Crippen LogP contribution in [0.4, 0.5) is 17.3 Å². The van der Waals surface area contributed by atoms with Gasteiger partial charge in [0.1, 0.15) is 11.5 Å². The molecule has 4 rings (SSSR count). The minimum Gasteiger partial charge on any atom is -0.495 e. The van der Waals surface area contributed by atoms with Gasteiger partial charge in [-0.25, -0.2) is 0 Å². The molecule has 0 fully saturated rings. The minimum atomic E-state index is 0.833. The maximum Gasteiger partial charge on any atom is 0.208 e. The van der Waals surface area contributed by atoms with Crippen molar-refractivity contribution in [1.29, 1.82) is 0 Å². The molecule has 0 saturated carbocycles. The number of benzene rings is 2. The van der Waals surface area contributed by atoms with Crippen LogP contribution in [0.15, 0.2) is 59.0 Å². The van der Waals surface area contributed by atoms with Crippen molar-refractivity contribution >= 4 is 17.3 Å². The standard InChI is InChI=1S/C19H17NO2/c1-13-11-15-12-14-7-3-4-8-16(14)20(19(15)22-13)17-9-5-6-10-18(17)21-2/h3-11H,12H2,1-2H3. The van der Waals surface area contributed by atoms with E-state index >= 15 is 0 Å². The van der Waals surface area contributed by atoms with Crippen molar-refractivity contribution in [3.63, 3.8) is 0 Å². The molecule has 0 atom stereocenters. The van der Waals surface area contributed by atoms with Crippen LogP contribution >= 0.6 is 0 Å². The van der Waals surface area contributed by atoms with Crippen molar-refractivity contribution in [1.82, 2.24) is 0 Å². The molecule has 0 spiro atoms. The van der Waals surface area contributed by atoms with Crippen molar-refractivity contribution in [2.24, 2.45) is 0 Å². The topological polar surface area (TPSA) is 25.6 Å². The Hall–Kier alpha value is -2.68. The van der Waals surface area contributed by atoms with Crippen LogP contribution in [0.2, 0.25) is 0 Å². The highest BCUT2D eigenvalue weighted by Crippen LogP contribution is 2.47. The van der Waals surface area contributed by atoms with E-state index in [0.29, 0.717) is 0 Å². The number of nitrogens with zero attached hydrogens (tertiary/aromatic N) is 1. The van der Waals surface area contributed by atoms with E-state index in [1.807, 2.05) is 25.1 Å². The van der Waals surface area contributed by atoms with Gasteiger partial charge in [-0.2, -0.15) is 0 Å². The van der Waals surface area contributed by atoms with E-state index in [1.165, 1.54) is 11.1 Å². The molecule has 2 heterocycles. The monoisotopic (exact) mass is 291 g/mol. The third kappa shape index (κ3) is 1.90. The van der Waals surface area contributed by atoms with E-state index in [9.17, 15) is 0 Å². The Bertz CT molecular complexity index is 835. The van der Waals surface area contributed by atoms with Gasteiger partial charge in [0, 0.05) is 12.0 Å². The van der Waals surface area contributed by atoms with Crippen LogP contribution in [-0.2, 0) is 6.42 Å². The van der Waals surface area contributed by atoms with E-state index in [-0.39, 0.29) is 0 Å². The molecule has 0 aliphatic carbocycles. The number of anilines is 3. The third-order valence-corrected chi connectivity index (χ3v) is 4.05. The second-order valence-electron chi connectivity index (χ2n) is 5.50. The van der Waals surface area contributed by atoms with E-state index in [4.69, 9.17) is 9.15 Å². The zero-order chi connectivity index (χ0) is 15.1. The molecule has 1 aliphatic heterocycles. The zero-order valence-electron chi connectivity index (χ0n) is 12.7. The molecule has 3 heteroatoms. The predicted molar refractivity (Wildman–Crippen MR) is 87.5 cm³/mol.